The number of rotatable bonds is 6. The maximum Gasteiger partial charge on any atom is 0.163 e. The normalized spacial score (nSPS) is 12.8. The third kappa shape index (κ3) is 5.62. The fraction of sp³-hybridized carbons (Fsp3) is 0.0612. The van der Waals surface area contributed by atoms with E-state index in [-0.39, 0.29) is 11.2 Å². The van der Waals surface area contributed by atoms with Crippen molar-refractivity contribution >= 4 is 11.0 Å². The lowest BCUT2D eigenvalue weighted by molar-refractivity contribution is 0.628. The van der Waals surface area contributed by atoms with E-state index >= 15 is 0 Å². The van der Waals surface area contributed by atoms with E-state index in [1.165, 1.54) is 28.8 Å². The number of pyridine rings is 1. The lowest BCUT2D eigenvalue weighted by Crippen LogP contribution is -2.15. The first-order valence-electron chi connectivity index (χ1n) is 18.4. The molecule has 0 fully saturated rings. The molecule has 3 aromatic heterocycles. The molecule has 0 aliphatic heterocycles. The Balaban J connectivity index is 1.01. The van der Waals surface area contributed by atoms with Crippen molar-refractivity contribution in [2.24, 2.45) is 0 Å². The molecule has 0 saturated carbocycles. The predicted octanol–water partition coefficient (Wildman–Crippen LogP) is 12.0. The Labute approximate surface area is 318 Å². The molecule has 0 amide bonds. The molecular weight excluding hydrogens is 678 g/mol. The molecule has 5 nitrogen and oxygen atoms in total. The average molecular weight is 712 g/mol. The number of fused-ring (bicyclic) bond motifs is 5. The second kappa shape index (κ2) is 12.8. The summed E-state index contributed by atoms with van der Waals surface area (Å²) in [5.74, 6) is 0.324. The second-order valence-corrected chi connectivity index (χ2v) is 14.6. The molecule has 0 bridgehead atoms. The minimum atomic E-state index is -0.285. The van der Waals surface area contributed by atoms with E-state index in [1.807, 2.05) is 59.5 Å². The first kappa shape index (κ1) is 32.6. The SMILES string of the molecule is CC1(C)c2ccc(-c3ccc(-c4cc(-c5ccc(F)cc5)nc(-c5ccc(-c6ccccc6)cc5)n4)cc3)cc2-c2cnc3c(cnn3-c3ccccc3)c21. The highest BCUT2D eigenvalue weighted by Crippen LogP contribution is 2.51. The molecule has 6 heteroatoms. The zero-order valence-corrected chi connectivity index (χ0v) is 30.3. The Morgan fingerprint density at radius 1 is 0.509 bits per heavy atom. The van der Waals surface area contributed by atoms with Crippen LogP contribution in [0.2, 0.25) is 0 Å². The number of aromatic nitrogens is 5. The van der Waals surface area contributed by atoms with Crippen LogP contribution in [0.4, 0.5) is 4.39 Å². The molecule has 3 heterocycles. The minimum Gasteiger partial charge on any atom is -0.236 e. The zero-order valence-electron chi connectivity index (χ0n) is 30.3. The van der Waals surface area contributed by atoms with Gasteiger partial charge in [0, 0.05) is 39.3 Å². The fourth-order valence-corrected chi connectivity index (χ4v) is 8.01. The molecule has 0 unspecified atom stereocenters. The van der Waals surface area contributed by atoms with Crippen molar-refractivity contribution in [3.05, 3.63) is 187 Å². The Morgan fingerprint density at radius 2 is 1.05 bits per heavy atom. The van der Waals surface area contributed by atoms with Crippen LogP contribution in [0, 0.1) is 5.82 Å². The molecule has 0 radical (unpaired) electrons. The first-order chi connectivity index (χ1) is 26.9. The summed E-state index contributed by atoms with van der Waals surface area (Å²) < 4.78 is 15.8. The smallest absolute Gasteiger partial charge is 0.163 e. The number of benzene rings is 6. The largest absolute Gasteiger partial charge is 0.236 e. The number of para-hydroxylation sites is 1. The van der Waals surface area contributed by atoms with Gasteiger partial charge in [-0.3, -0.25) is 0 Å². The van der Waals surface area contributed by atoms with Gasteiger partial charge in [-0.05, 0) is 87.5 Å². The van der Waals surface area contributed by atoms with E-state index in [0.717, 1.165) is 72.6 Å². The standard InChI is InChI=1S/C49H34FN5/c1-49(2)43-26-23-37(27-40(43)41-29-51-48-42(46(41)49)30-52-55(48)39-11-7-4-8-12-39)33-13-17-34(18-14-33)44-28-45(35-21-24-38(50)25-22-35)54-47(53-44)36-19-15-32(16-20-36)31-9-5-3-6-10-31/h3-30H,1-2H3. The van der Waals surface area contributed by atoms with Gasteiger partial charge in [0.2, 0.25) is 0 Å². The van der Waals surface area contributed by atoms with Crippen LogP contribution >= 0.6 is 0 Å². The summed E-state index contributed by atoms with van der Waals surface area (Å²) in [6, 6.07) is 52.5. The molecule has 0 spiro atoms. The first-order valence-corrected chi connectivity index (χ1v) is 18.4. The summed E-state index contributed by atoms with van der Waals surface area (Å²) in [5, 5.41) is 5.84. The summed E-state index contributed by atoms with van der Waals surface area (Å²) >= 11 is 0. The Hall–Kier alpha value is -7.05. The van der Waals surface area contributed by atoms with Crippen LogP contribution in [0.5, 0.6) is 0 Å². The van der Waals surface area contributed by atoms with Gasteiger partial charge >= 0.3 is 0 Å². The zero-order chi connectivity index (χ0) is 37.1. The average Bonchev–Trinajstić information content (AvgIpc) is 3.77. The lowest BCUT2D eigenvalue weighted by Gasteiger charge is -2.22. The second-order valence-electron chi connectivity index (χ2n) is 14.6. The van der Waals surface area contributed by atoms with Crippen molar-refractivity contribution in [2.75, 3.05) is 0 Å². The maximum atomic E-state index is 13.9. The van der Waals surface area contributed by atoms with Crippen LogP contribution in [0.15, 0.2) is 170 Å². The third-order valence-corrected chi connectivity index (χ3v) is 10.8. The van der Waals surface area contributed by atoms with Crippen LogP contribution in [0.1, 0.15) is 25.0 Å². The maximum absolute atomic E-state index is 13.9. The predicted molar refractivity (Wildman–Crippen MR) is 219 cm³/mol. The summed E-state index contributed by atoms with van der Waals surface area (Å²) in [7, 11) is 0. The molecule has 6 aromatic carbocycles. The van der Waals surface area contributed by atoms with Crippen molar-refractivity contribution in [3.8, 4) is 73.0 Å². The highest BCUT2D eigenvalue weighted by atomic mass is 19.1. The molecule has 0 saturated heterocycles. The van der Waals surface area contributed by atoms with E-state index in [9.17, 15) is 4.39 Å². The number of halogens is 1. The molecular formula is C49H34FN5. The Morgan fingerprint density at radius 3 is 1.73 bits per heavy atom. The topological polar surface area (TPSA) is 56.5 Å². The molecule has 0 N–H and O–H groups in total. The highest BCUT2D eigenvalue weighted by molar-refractivity contribution is 5.95. The van der Waals surface area contributed by atoms with Gasteiger partial charge in [0.25, 0.3) is 0 Å². The monoisotopic (exact) mass is 711 g/mol. The number of nitrogens with zero attached hydrogens (tertiary/aromatic N) is 5. The van der Waals surface area contributed by atoms with Gasteiger partial charge < -0.3 is 0 Å². The quantitative estimate of drug-likeness (QED) is 0.172. The van der Waals surface area contributed by atoms with Gasteiger partial charge in [-0.15, -0.1) is 0 Å². The van der Waals surface area contributed by atoms with Crippen LogP contribution in [-0.4, -0.2) is 24.7 Å². The van der Waals surface area contributed by atoms with Gasteiger partial charge in [0.15, 0.2) is 11.5 Å². The molecule has 1 aliphatic carbocycles. The highest BCUT2D eigenvalue weighted by Gasteiger charge is 2.38. The van der Waals surface area contributed by atoms with E-state index in [0.29, 0.717) is 5.82 Å². The van der Waals surface area contributed by atoms with E-state index < -0.39 is 0 Å². The summed E-state index contributed by atoms with van der Waals surface area (Å²) in [6.07, 6.45) is 3.97. The fourth-order valence-electron chi connectivity index (χ4n) is 8.01. The van der Waals surface area contributed by atoms with Gasteiger partial charge in [0.1, 0.15) is 5.82 Å². The van der Waals surface area contributed by atoms with Crippen molar-refractivity contribution in [2.45, 2.75) is 19.3 Å². The summed E-state index contributed by atoms with van der Waals surface area (Å²) in [4.78, 5) is 15.0. The third-order valence-electron chi connectivity index (χ3n) is 10.8. The van der Waals surface area contributed by atoms with Crippen LogP contribution in [0.25, 0.3) is 84.0 Å². The molecule has 0 atom stereocenters. The van der Waals surface area contributed by atoms with Crippen molar-refractivity contribution in [1.29, 1.82) is 0 Å². The molecule has 9 aromatic rings. The molecule has 55 heavy (non-hydrogen) atoms. The van der Waals surface area contributed by atoms with Crippen LogP contribution < -0.4 is 0 Å². The van der Waals surface area contributed by atoms with Gasteiger partial charge in [-0.25, -0.2) is 24.0 Å². The minimum absolute atomic E-state index is 0.215. The molecule has 10 rings (SSSR count). The lowest BCUT2D eigenvalue weighted by atomic mass is 9.81. The van der Waals surface area contributed by atoms with Crippen molar-refractivity contribution in [1.82, 2.24) is 24.7 Å². The Kier molecular flexibility index (Phi) is 7.59. The number of hydrogen-bond acceptors (Lipinski definition) is 4. The molecule has 262 valence electrons. The van der Waals surface area contributed by atoms with Crippen molar-refractivity contribution < 1.29 is 4.39 Å². The molecule has 1 aliphatic rings. The van der Waals surface area contributed by atoms with Crippen molar-refractivity contribution in [3.63, 3.8) is 0 Å². The van der Waals surface area contributed by atoms with Gasteiger partial charge in [0.05, 0.1) is 23.3 Å². The van der Waals surface area contributed by atoms with E-state index in [2.05, 4.69) is 105 Å². The summed E-state index contributed by atoms with van der Waals surface area (Å²) in [5.41, 5.74) is 15.2. The van der Waals surface area contributed by atoms with Crippen LogP contribution in [-0.2, 0) is 5.41 Å². The van der Waals surface area contributed by atoms with Gasteiger partial charge in [-0.1, -0.05) is 123 Å². The van der Waals surface area contributed by atoms with Gasteiger partial charge in [-0.2, -0.15) is 5.10 Å². The van der Waals surface area contributed by atoms with Crippen LogP contribution in [0.3, 0.4) is 0 Å². The van der Waals surface area contributed by atoms with E-state index in [4.69, 9.17) is 20.1 Å². The Bertz CT molecular complexity index is 2860. The van der Waals surface area contributed by atoms with E-state index in [1.54, 1.807) is 12.1 Å². The summed E-state index contributed by atoms with van der Waals surface area (Å²) in [6.45, 7) is 4.58. The number of hydrogen-bond donors (Lipinski definition) is 0.